The van der Waals surface area contributed by atoms with Gasteiger partial charge in [-0.1, -0.05) is 295 Å². The molecule has 96 heavy (non-hydrogen) atoms. The Morgan fingerprint density at radius 1 is 0.198 bits per heavy atom. The van der Waals surface area contributed by atoms with Gasteiger partial charge in [0.05, 0.1) is 17.1 Å². The molecular formula is C94H68N2. The van der Waals surface area contributed by atoms with Crippen LogP contribution >= 0.6 is 0 Å². The van der Waals surface area contributed by atoms with Crippen molar-refractivity contribution in [1.82, 2.24) is 0 Å². The topological polar surface area (TPSA) is 6.48 Å². The first kappa shape index (κ1) is 56.9. The third kappa shape index (κ3) is 9.23. The summed E-state index contributed by atoms with van der Waals surface area (Å²) in [5.41, 5.74) is 29.2. The molecule has 2 heteroatoms. The Morgan fingerprint density at radius 2 is 0.531 bits per heavy atom. The summed E-state index contributed by atoms with van der Waals surface area (Å²) in [5, 5.41) is 9.81. The van der Waals surface area contributed by atoms with E-state index in [1.165, 1.54) is 155 Å². The van der Waals surface area contributed by atoms with E-state index in [4.69, 9.17) is 0 Å². The van der Waals surface area contributed by atoms with Crippen LogP contribution in [0.4, 0.5) is 34.1 Å². The fourth-order valence-electron chi connectivity index (χ4n) is 16.2. The minimum atomic E-state index is -0.128. The highest BCUT2D eigenvalue weighted by Gasteiger charge is 2.39. The molecule has 2 aliphatic rings. The van der Waals surface area contributed by atoms with Gasteiger partial charge < -0.3 is 9.80 Å². The lowest BCUT2D eigenvalue weighted by molar-refractivity contribution is 0.660. The third-order valence-electron chi connectivity index (χ3n) is 21.1. The maximum absolute atomic E-state index is 2.49. The number of rotatable bonds is 11. The molecule has 0 bridgehead atoms. The second-order valence-corrected chi connectivity index (χ2v) is 27.1. The van der Waals surface area contributed by atoms with Crippen LogP contribution in [0.1, 0.15) is 49.9 Å². The van der Waals surface area contributed by atoms with Crippen LogP contribution in [0.3, 0.4) is 0 Å². The van der Waals surface area contributed by atoms with Crippen LogP contribution in [0.15, 0.2) is 340 Å². The van der Waals surface area contributed by atoms with Gasteiger partial charge >= 0.3 is 0 Å². The van der Waals surface area contributed by atoms with Crippen LogP contribution in [-0.4, -0.2) is 0 Å². The summed E-state index contributed by atoms with van der Waals surface area (Å²) in [5.74, 6) is 0. The number of benzene rings is 16. The Balaban J connectivity index is 0.659. The lowest BCUT2D eigenvalue weighted by Gasteiger charge is -2.30. The van der Waals surface area contributed by atoms with Gasteiger partial charge in [-0.2, -0.15) is 0 Å². The molecule has 0 aromatic heterocycles. The van der Waals surface area contributed by atoms with E-state index in [-0.39, 0.29) is 10.8 Å². The quantitative estimate of drug-likeness (QED) is 0.127. The molecule has 0 fully saturated rings. The van der Waals surface area contributed by atoms with E-state index < -0.39 is 0 Å². The third-order valence-corrected chi connectivity index (χ3v) is 21.1. The number of hydrogen-bond donors (Lipinski definition) is 0. The minimum Gasteiger partial charge on any atom is -0.310 e. The van der Waals surface area contributed by atoms with Gasteiger partial charge in [0.1, 0.15) is 0 Å². The summed E-state index contributed by atoms with van der Waals surface area (Å²) >= 11 is 0. The molecule has 2 nitrogen and oxygen atoms in total. The number of anilines is 6. The van der Waals surface area contributed by atoms with Crippen LogP contribution in [-0.2, 0) is 10.8 Å². The molecule has 0 atom stereocenters. The number of fused-ring (bicyclic) bond motifs is 10. The maximum Gasteiger partial charge on any atom is 0.0543 e. The molecular weight excluding hydrogens is 1160 g/mol. The standard InChI is InChI=1S/C94H68N2/c1-93(2)84-33-13-11-29-81(84)91-86(93)35-18-38-89(91)95(73-53-46-66(47-54-73)76-31-15-23-63-20-5-8-26-75(63)76)72-51-44-62(45-52-72)61-40-42-65(43-41-61)77-32-16-25-70-58-68(50-57-79(70)77)71-59-69-22-7-9-27-78(69)83(60-71)67-48-55-74(56-49-67)96(88-37-17-24-64-21-6-10-28-80(64)88)90-39-19-36-87-92(90)82-30-12-14-34-85(82)94(87,3)4/h5-60H,1-4H3. The number of nitrogens with zero attached hydrogens (tertiary/aromatic N) is 2. The summed E-state index contributed by atoms with van der Waals surface area (Å²) in [4.78, 5) is 4.95. The van der Waals surface area contributed by atoms with E-state index in [0.29, 0.717) is 0 Å². The van der Waals surface area contributed by atoms with Crippen molar-refractivity contribution in [2.24, 2.45) is 0 Å². The van der Waals surface area contributed by atoms with Crippen molar-refractivity contribution in [3.05, 3.63) is 362 Å². The van der Waals surface area contributed by atoms with Crippen molar-refractivity contribution in [2.75, 3.05) is 9.80 Å². The van der Waals surface area contributed by atoms with E-state index in [9.17, 15) is 0 Å². The van der Waals surface area contributed by atoms with Gasteiger partial charge in [-0.3, -0.25) is 0 Å². The van der Waals surface area contributed by atoms with Crippen molar-refractivity contribution in [1.29, 1.82) is 0 Å². The average molecular weight is 1230 g/mol. The van der Waals surface area contributed by atoms with Gasteiger partial charge in [0.2, 0.25) is 0 Å². The normalized spacial score (nSPS) is 13.2. The lowest BCUT2D eigenvalue weighted by Crippen LogP contribution is -2.16. The van der Waals surface area contributed by atoms with Gasteiger partial charge in [-0.15, -0.1) is 0 Å². The highest BCUT2D eigenvalue weighted by molar-refractivity contribution is 6.06. The first-order chi connectivity index (χ1) is 47.1. The Labute approximate surface area is 561 Å². The minimum absolute atomic E-state index is 0.127. The molecule has 2 aliphatic carbocycles. The van der Waals surface area contributed by atoms with Crippen molar-refractivity contribution < 1.29 is 0 Å². The second kappa shape index (κ2) is 22.4. The molecule has 0 heterocycles. The Morgan fingerprint density at radius 3 is 1.10 bits per heavy atom. The smallest absolute Gasteiger partial charge is 0.0543 e. The first-order valence-corrected chi connectivity index (χ1v) is 33.6. The molecule has 454 valence electrons. The molecule has 0 N–H and O–H groups in total. The van der Waals surface area contributed by atoms with E-state index in [1.807, 2.05) is 0 Å². The van der Waals surface area contributed by atoms with Crippen molar-refractivity contribution >= 4 is 77.2 Å². The summed E-state index contributed by atoms with van der Waals surface area (Å²) in [7, 11) is 0. The molecule has 18 rings (SSSR count). The summed E-state index contributed by atoms with van der Waals surface area (Å²) in [6, 6.07) is 126. The van der Waals surface area contributed by atoms with Gasteiger partial charge in [-0.05, 0) is 200 Å². The monoisotopic (exact) mass is 1220 g/mol. The summed E-state index contributed by atoms with van der Waals surface area (Å²) in [6.45, 7) is 9.45. The zero-order chi connectivity index (χ0) is 64.2. The Bertz CT molecular complexity index is 5740. The zero-order valence-electron chi connectivity index (χ0n) is 54.2. The fraction of sp³-hybridized carbons (Fsp3) is 0.0638. The van der Waals surface area contributed by atoms with Crippen molar-refractivity contribution in [3.8, 4) is 77.9 Å². The predicted octanol–water partition coefficient (Wildman–Crippen LogP) is 26.2. The molecule has 0 amide bonds. The van der Waals surface area contributed by atoms with E-state index in [1.54, 1.807) is 0 Å². The van der Waals surface area contributed by atoms with E-state index in [2.05, 4.69) is 377 Å². The second-order valence-electron chi connectivity index (χ2n) is 27.1. The zero-order valence-corrected chi connectivity index (χ0v) is 54.2. The molecule has 0 aliphatic heterocycles. The molecule has 0 unspecified atom stereocenters. The highest BCUT2D eigenvalue weighted by Crippen LogP contribution is 2.57. The SMILES string of the molecule is CC1(C)c2ccccc2-c2c(N(c3ccc(-c4ccc(-c5cccc6cc(-c7cc(-c8ccc(N(c9cccc%10c9-c9ccccc9C%10(C)C)c9cccc%10ccccc9%10)cc8)c8ccccc8c7)ccc56)cc4)cc3)c3ccc(-c4cccc5ccccc45)cc3)cccc21. The molecule has 0 saturated heterocycles. The lowest BCUT2D eigenvalue weighted by atomic mass is 9.82. The van der Waals surface area contributed by atoms with Crippen LogP contribution in [0.2, 0.25) is 0 Å². The Hall–Kier alpha value is -11.8. The molecule has 0 saturated carbocycles. The molecule has 0 spiro atoms. The van der Waals surface area contributed by atoms with Gasteiger partial charge in [0.25, 0.3) is 0 Å². The van der Waals surface area contributed by atoms with Crippen LogP contribution in [0.25, 0.3) is 121 Å². The maximum atomic E-state index is 2.49. The van der Waals surface area contributed by atoms with Crippen LogP contribution < -0.4 is 9.80 Å². The van der Waals surface area contributed by atoms with Gasteiger partial charge in [0.15, 0.2) is 0 Å². The van der Waals surface area contributed by atoms with E-state index >= 15 is 0 Å². The predicted molar refractivity (Wildman–Crippen MR) is 408 cm³/mol. The van der Waals surface area contributed by atoms with E-state index in [0.717, 1.165) is 22.7 Å². The molecule has 16 aromatic carbocycles. The van der Waals surface area contributed by atoms with Crippen LogP contribution in [0, 0.1) is 0 Å². The largest absolute Gasteiger partial charge is 0.310 e. The number of hydrogen-bond acceptors (Lipinski definition) is 2. The van der Waals surface area contributed by atoms with Crippen molar-refractivity contribution in [3.63, 3.8) is 0 Å². The van der Waals surface area contributed by atoms with Gasteiger partial charge in [0, 0.05) is 44.4 Å². The van der Waals surface area contributed by atoms with Gasteiger partial charge in [-0.25, -0.2) is 0 Å². The molecule has 0 radical (unpaired) electrons. The fourth-order valence-corrected chi connectivity index (χ4v) is 16.2. The van der Waals surface area contributed by atoms with Crippen LogP contribution in [0.5, 0.6) is 0 Å². The van der Waals surface area contributed by atoms with Crippen molar-refractivity contribution in [2.45, 2.75) is 38.5 Å². The highest BCUT2D eigenvalue weighted by atomic mass is 15.2. The first-order valence-electron chi connectivity index (χ1n) is 33.6. The average Bonchev–Trinajstić information content (AvgIpc) is 1.56. The molecule has 16 aromatic rings. The summed E-state index contributed by atoms with van der Waals surface area (Å²) in [6.07, 6.45) is 0. The Kier molecular flexibility index (Phi) is 13.3. The summed E-state index contributed by atoms with van der Waals surface area (Å²) < 4.78 is 0.